The number of methoxy groups -OCH3 is 1. The molecule has 2 fully saturated rings. The van der Waals surface area contributed by atoms with Crippen LogP contribution >= 0.6 is 0 Å². The van der Waals surface area contributed by atoms with E-state index in [4.69, 9.17) is 4.74 Å². The highest BCUT2D eigenvalue weighted by molar-refractivity contribution is 5.15. The summed E-state index contributed by atoms with van der Waals surface area (Å²) in [4.78, 5) is 4.69. The first kappa shape index (κ1) is 12.8. The maximum absolute atomic E-state index is 9.68. The van der Waals surface area contributed by atoms with Crippen LogP contribution < -0.4 is 0 Å². The zero-order chi connectivity index (χ0) is 12.3. The molecule has 2 unspecified atom stereocenters. The predicted octanol–water partition coefficient (Wildman–Crippen LogP) is 1.09. The molecule has 0 aromatic heterocycles. The molecule has 0 amide bonds. The molecule has 0 radical (unpaired) electrons. The molecule has 96 valence electrons. The summed E-state index contributed by atoms with van der Waals surface area (Å²) in [7, 11) is 3.89. The van der Waals surface area contributed by atoms with Gasteiger partial charge in [-0.25, -0.2) is 0 Å². The van der Waals surface area contributed by atoms with Gasteiger partial charge in [0.25, 0.3) is 0 Å². The molecule has 2 rings (SSSR count). The summed E-state index contributed by atoms with van der Waals surface area (Å²) in [5.74, 6) is 0. The Morgan fingerprint density at radius 2 is 1.94 bits per heavy atom. The molecule has 0 aromatic rings. The molecule has 4 heteroatoms. The van der Waals surface area contributed by atoms with Crippen LogP contribution in [-0.2, 0) is 4.74 Å². The second-order valence-corrected chi connectivity index (χ2v) is 5.30. The monoisotopic (exact) mass is 237 g/mol. The lowest BCUT2D eigenvalue weighted by Gasteiger charge is -2.48. The normalized spacial score (nSPS) is 36.6. The van der Waals surface area contributed by atoms with Gasteiger partial charge in [-0.05, 0) is 19.9 Å². The van der Waals surface area contributed by atoms with Gasteiger partial charge in [0.05, 0.1) is 12.2 Å². The molecule has 1 saturated heterocycles. The van der Waals surface area contributed by atoms with Crippen LogP contribution in [-0.4, -0.2) is 61.8 Å². The van der Waals surface area contributed by atoms with Crippen molar-refractivity contribution in [2.75, 3.05) is 40.3 Å². The fourth-order valence-electron chi connectivity index (χ4n) is 3.20. The van der Waals surface area contributed by atoms with E-state index in [-0.39, 0.29) is 11.6 Å². The highest BCUT2D eigenvalue weighted by Gasteiger charge is 2.46. The van der Waals surface area contributed by atoms with Gasteiger partial charge in [-0.2, -0.15) is 5.26 Å². The summed E-state index contributed by atoms with van der Waals surface area (Å²) < 4.78 is 5.60. The Bertz CT molecular complexity index is 294. The van der Waals surface area contributed by atoms with Gasteiger partial charge in [0.2, 0.25) is 0 Å². The fourth-order valence-corrected chi connectivity index (χ4v) is 3.20. The van der Waals surface area contributed by atoms with Gasteiger partial charge in [-0.1, -0.05) is 12.8 Å². The Balaban J connectivity index is 2.14. The van der Waals surface area contributed by atoms with Crippen LogP contribution in [0.15, 0.2) is 0 Å². The van der Waals surface area contributed by atoms with Crippen molar-refractivity contribution in [2.24, 2.45) is 0 Å². The summed E-state index contributed by atoms with van der Waals surface area (Å²) in [6.07, 6.45) is 4.42. The molecular weight excluding hydrogens is 214 g/mol. The van der Waals surface area contributed by atoms with Crippen molar-refractivity contribution in [1.29, 1.82) is 5.26 Å². The number of likely N-dealkylation sites (N-methyl/N-ethyl adjacent to an activating group) is 1. The van der Waals surface area contributed by atoms with Gasteiger partial charge < -0.3 is 9.64 Å². The molecule has 17 heavy (non-hydrogen) atoms. The Hall–Kier alpha value is -0.630. The number of piperazine rings is 1. The minimum absolute atomic E-state index is 0.0876. The summed E-state index contributed by atoms with van der Waals surface area (Å²) >= 11 is 0. The topological polar surface area (TPSA) is 39.5 Å². The van der Waals surface area contributed by atoms with Crippen molar-refractivity contribution in [3.63, 3.8) is 0 Å². The van der Waals surface area contributed by atoms with Crippen LogP contribution in [0.5, 0.6) is 0 Å². The van der Waals surface area contributed by atoms with Crippen LogP contribution in [0.25, 0.3) is 0 Å². The first-order valence-electron chi connectivity index (χ1n) is 6.60. The van der Waals surface area contributed by atoms with Crippen LogP contribution in [0.2, 0.25) is 0 Å². The van der Waals surface area contributed by atoms with Gasteiger partial charge in [0.15, 0.2) is 0 Å². The Morgan fingerprint density at radius 3 is 2.53 bits per heavy atom. The first-order valence-corrected chi connectivity index (χ1v) is 6.60. The molecule has 0 bridgehead atoms. The third-order valence-corrected chi connectivity index (χ3v) is 4.35. The van der Waals surface area contributed by atoms with E-state index in [1.165, 1.54) is 6.42 Å². The lowest BCUT2D eigenvalue weighted by atomic mass is 9.78. The summed E-state index contributed by atoms with van der Waals surface area (Å²) in [5.41, 5.74) is -0.367. The van der Waals surface area contributed by atoms with E-state index in [1.807, 2.05) is 0 Å². The van der Waals surface area contributed by atoms with Gasteiger partial charge in [-0.15, -0.1) is 0 Å². The zero-order valence-electron chi connectivity index (χ0n) is 11.0. The largest absolute Gasteiger partial charge is 0.378 e. The fraction of sp³-hybridized carbons (Fsp3) is 0.923. The van der Waals surface area contributed by atoms with Crippen LogP contribution in [0.4, 0.5) is 0 Å². The van der Waals surface area contributed by atoms with Gasteiger partial charge in [-0.3, -0.25) is 4.90 Å². The smallest absolute Gasteiger partial charge is 0.135 e. The van der Waals surface area contributed by atoms with Crippen LogP contribution in [0.1, 0.15) is 25.7 Å². The summed E-state index contributed by atoms with van der Waals surface area (Å²) in [5, 5.41) is 9.68. The maximum atomic E-state index is 9.68. The second kappa shape index (κ2) is 5.34. The Labute approximate surface area is 104 Å². The highest BCUT2D eigenvalue weighted by atomic mass is 16.5. The van der Waals surface area contributed by atoms with E-state index in [2.05, 4.69) is 22.9 Å². The van der Waals surface area contributed by atoms with Crippen molar-refractivity contribution in [2.45, 2.75) is 37.3 Å². The van der Waals surface area contributed by atoms with Crippen LogP contribution in [0, 0.1) is 11.3 Å². The number of nitrogens with zero attached hydrogens (tertiary/aromatic N) is 3. The van der Waals surface area contributed by atoms with E-state index in [1.54, 1.807) is 7.11 Å². The Morgan fingerprint density at radius 1 is 1.24 bits per heavy atom. The summed E-state index contributed by atoms with van der Waals surface area (Å²) in [6, 6.07) is 2.59. The zero-order valence-corrected chi connectivity index (χ0v) is 11.0. The van der Waals surface area contributed by atoms with Gasteiger partial charge in [0, 0.05) is 33.3 Å². The second-order valence-electron chi connectivity index (χ2n) is 5.30. The van der Waals surface area contributed by atoms with Crippen molar-refractivity contribution < 1.29 is 4.74 Å². The predicted molar refractivity (Wildman–Crippen MR) is 66.7 cm³/mol. The molecule has 1 aliphatic carbocycles. The molecule has 1 saturated carbocycles. The van der Waals surface area contributed by atoms with Crippen molar-refractivity contribution in [3.05, 3.63) is 0 Å². The minimum Gasteiger partial charge on any atom is -0.378 e. The van der Waals surface area contributed by atoms with E-state index >= 15 is 0 Å². The number of ether oxygens (including phenoxy) is 1. The standard InChI is InChI=1S/C13H23N3O/c1-15-7-9-16(10-8-15)13(11-14)6-4-3-5-12(13)17-2/h12H,3-10H2,1-2H3. The third kappa shape index (κ3) is 2.33. The van der Waals surface area contributed by atoms with E-state index in [9.17, 15) is 5.26 Å². The molecular formula is C13H23N3O. The average Bonchev–Trinajstić information content (AvgIpc) is 2.39. The molecule has 1 heterocycles. The quantitative estimate of drug-likeness (QED) is 0.720. The molecule has 2 atom stereocenters. The third-order valence-electron chi connectivity index (χ3n) is 4.35. The first-order chi connectivity index (χ1) is 8.23. The molecule has 0 aromatic carbocycles. The summed E-state index contributed by atoms with van der Waals surface area (Å²) in [6.45, 7) is 4.09. The van der Waals surface area contributed by atoms with Gasteiger partial charge in [0.1, 0.15) is 5.54 Å². The van der Waals surface area contributed by atoms with E-state index in [0.717, 1.165) is 45.4 Å². The number of hydrogen-bond acceptors (Lipinski definition) is 4. The minimum atomic E-state index is -0.367. The lowest BCUT2D eigenvalue weighted by Crippen LogP contribution is -2.62. The molecule has 0 spiro atoms. The average molecular weight is 237 g/mol. The molecule has 0 N–H and O–H groups in total. The molecule has 4 nitrogen and oxygen atoms in total. The van der Waals surface area contributed by atoms with E-state index < -0.39 is 0 Å². The van der Waals surface area contributed by atoms with Gasteiger partial charge >= 0.3 is 0 Å². The van der Waals surface area contributed by atoms with Crippen molar-refractivity contribution in [3.8, 4) is 6.07 Å². The van der Waals surface area contributed by atoms with Crippen molar-refractivity contribution in [1.82, 2.24) is 9.80 Å². The van der Waals surface area contributed by atoms with Crippen molar-refractivity contribution >= 4 is 0 Å². The SMILES string of the molecule is COC1CCCCC1(C#N)N1CCN(C)CC1. The number of nitriles is 1. The maximum Gasteiger partial charge on any atom is 0.135 e. The van der Waals surface area contributed by atoms with Crippen LogP contribution in [0.3, 0.4) is 0 Å². The molecule has 1 aliphatic heterocycles. The van der Waals surface area contributed by atoms with E-state index in [0.29, 0.717) is 0 Å². The molecule has 2 aliphatic rings. The Kier molecular flexibility index (Phi) is 4.03. The number of rotatable bonds is 2. The lowest BCUT2D eigenvalue weighted by molar-refractivity contribution is -0.0620. The highest BCUT2D eigenvalue weighted by Crippen LogP contribution is 2.35. The number of hydrogen-bond donors (Lipinski definition) is 0.